The van der Waals surface area contributed by atoms with Gasteiger partial charge in [-0.05, 0) is 19.1 Å². The molecule has 0 spiro atoms. The first kappa shape index (κ1) is 12.1. The molecule has 0 unspecified atom stereocenters. The lowest BCUT2D eigenvalue weighted by Gasteiger charge is -2.04. The zero-order chi connectivity index (χ0) is 13.1. The fourth-order valence-electron chi connectivity index (χ4n) is 1.60. The monoisotopic (exact) mass is 249 g/mol. The van der Waals surface area contributed by atoms with Crippen LogP contribution in [-0.4, -0.2) is 23.3 Å². The van der Waals surface area contributed by atoms with Gasteiger partial charge >= 0.3 is 0 Å². The van der Waals surface area contributed by atoms with E-state index in [4.69, 9.17) is 0 Å². The van der Waals surface area contributed by atoms with Gasteiger partial charge in [0.15, 0.2) is 0 Å². The Kier molecular flexibility index (Phi) is 3.27. The Morgan fingerprint density at radius 2 is 2.22 bits per heavy atom. The zero-order valence-corrected chi connectivity index (χ0v) is 9.70. The van der Waals surface area contributed by atoms with Crippen molar-refractivity contribution in [2.24, 2.45) is 5.10 Å². The Bertz CT molecular complexity index is 552. The lowest BCUT2D eigenvalue weighted by molar-refractivity contribution is -0.116. The van der Waals surface area contributed by atoms with Crippen LogP contribution in [0.2, 0.25) is 0 Å². The van der Waals surface area contributed by atoms with Crippen LogP contribution in [0.5, 0.6) is 0 Å². The van der Waals surface area contributed by atoms with E-state index in [1.54, 1.807) is 19.1 Å². The predicted molar refractivity (Wildman–Crippen MR) is 65.8 cm³/mol. The van der Waals surface area contributed by atoms with E-state index in [0.717, 1.165) is 0 Å². The number of anilines is 1. The van der Waals surface area contributed by atoms with Crippen LogP contribution in [-0.2, 0) is 4.79 Å². The number of carbonyl (C=O) groups is 1. The minimum absolute atomic E-state index is 0.0587. The number of benzene rings is 1. The van der Waals surface area contributed by atoms with E-state index in [-0.39, 0.29) is 29.5 Å². The summed E-state index contributed by atoms with van der Waals surface area (Å²) >= 11 is 0. The van der Waals surface area contributed by atoms with Crippen LogP contribution >= 0.6 is 0 Å². The Morgan fingerprint density at radius 1 is 1.50 bits per heavy atom. The molecule has 2 rings (SSSR count). The number of aliphatic hydroxyl groups excluding tert-OH is 1. The third kappa shape index (κ3) is 2.32. The van der Waals surface area contributed by atoms with Gasteiger partial charge in [-0.25, -0.2) is 4.39 Å². The van der Waals surface area contributed by atoms with E-state index in [1.807, 2.05) is 0 Å². The Morgan fingerprint density at radius 3 is 2.83 bits per heavy atom. The number of para-hydroxylation sites is 1. The second kappa shape index (κ2) is 4.87. The van der Waals surface area contributed by atoms with Crippen LogP contribution in [0.1, 0.15) is 6.92 Å². The lowest BCUT2D eigenvalue weighted by atomic mass is 10.1. The molecule has 0 radical (unpaired) electrons. The molecule has 0 aliphatic carbocycles. The van der Waals surface area contributed by atoms with Gasteiger partial charge in [0.05, 0.1) is 17.9 Å². The molecule has 1 amide bonds. The van der Waals surface area contributed by atoms with Gasteiger partial charge in [-0.1, -0.05) is 12.1 Å². The second-order valence-corrected chi connectivity index (χ2v) is 3.79. The van der Waals surface area contributed by atoms with Gasteiger partial charge in [0, 0.05) is 0 Å². The minimum Gasteiger partial charge on any atom is -0.510 e. The number of nitrogens with zero attached hydrogens (tertiary/aromatic N) is 1. The molecule has 18 heavy (non-hydrogen) atoms. The third-order valence-electron chi connectivity index (χ3n) is 2.51. The smallest absolute Gasteiger partial charge is 0.257 e. The number of hydrogen-bond donors (Lipinski definition) is 3. The van der Waals surface area contributed by atoms with E-state index in [0.29, 0.717) is 5.71 Å². The van der Waals surface area contributed by atoms with Gasteiger partial charge < -0.3 is 10.4 Å². The van der Waals surface area contributed by atoms with Crippen LogP contribution in [0, 0.1) is 5.82 Å². The van der Waals surface area contributed by atoms with Crippen LogP contribution in [0.25, 0.3) is 0 Å². The zero-order valence-electron chi connectivity index (χ0n) is 9.70. The summed E-state index contributed by atoms with van der Waals surface area (Å²) in [6, 6.07) is 6.05. The number of nitrogens with one attached hydrogen (secondary N) is 2. The molecule has 1 heterocycles. The number of hydrazone groups is 1. The highest BCUT2D eigenvalue weighted by Crippen LogP contribution is 2.14. The number of amides is 1. The standard InChI is InChI=1S/C12H12FN3O2/c1-7(11-10(17)6-14-12(11)18)15-16-9-5-3-2-4-8(9)13/h2-5,16-17H,6H2,1H3,(H,14,18). The molecular formula is C12H12FN3O2. The third-order valence-corrected chi connectivity index (χ3v) is 2.51. The summed E-state index contributed by atoms with van der Waals surface area (Å²) in [7, 11) is 0. The maximum Gasteiger partial charge on any atom is 0.257 e. The number of carbonyl (C=O) groups excluding carboxylic acids is 1. The van der Waals surface area contributed by atoms with Gasteiger partial charge in [-0.3, -0.25) is 10.2 Å². The Hall–Kier alpha value is -2.37. The average molecular weight is 249 g/mol. The molecule has 1 aromatic carbocycles. The van der Waals surface area contributed by atoms with Crippen molar-refractivity contribution in [3.05, 3.63) is 41.4 Å². The number of halogens is 1. The normalized spacial score (nSPS) is 15.9. The highest BCUT2D eigenvalue weighted by molar-refractivity contribution is 6.22. The highest BCUT2D eigenvalue weighted by atomic mass is 19.1. The molecule has 6 heteroatoms. The molecule has 1 aromatic rings. The van der Waals surface area contributed by atoms with Gasteiger partial charge in [0.25, 0.3) is 5.91 Å². The van der Waals surface area contributed by atoms with Crippen LogP contribution < -0.4 is 10.7 Å². The van der Waals surface area contributed by atoms with Gasteiger partial charge in [0.1, 0.15) is 17.1 Å². The SMILES string of the molecule is CC(=NNc1ccccc1F)C1=C(O)CNC1=O. The molecule has 0 saturated carbocycles. The van der Waals surface area contributed by atoms with E-state index < -0.39 is 5.82 Å². The molecule has 3 N–H and O–H groups in total. The average Bonchev–Trinajstić information content (AvgIpc) is 2.68. The Balaban J connectivity index is 2.18. The summed E-state index contributed by atoms with van der Waals surface area (Å²) in [5, 5.41) is 15.8. The fourth-order valence-corrected chi connectivity index (χ4v) is 1.60. The van der Waals surface area contributed by atoms with E-state index in [9.17, 15) is 14.3 Å². The molecule has 0 atom stereocenters. The fraction of sp³-hybridized carbons (Fsp3) is 0.167. The molecule has 1 aliphatic heterocycles. The van der Waals surface area contributed by atoms with E-state index >= 15 is 0 Å². The summed E-state index contributed by atoms with van der Waals surface area (Å²) in [5.74, 6) is -0.885. The highest BCUT2D eigenvalue weighted by Gasteiger charge is 2.24. The number of hydrogen-bond acceptors (Lipinski definition) is 4. The largest absolute Gasteiger partial charge is 0.510 e. The van der Waals surface area contributed by atoms with Gasteiger partial charge in [-0.15, -0.1) is 0 Å². The van der Waals surface area contributed by atoms with Gasteiger partial charge in [0.2, 0.25) is 0 Å². The summed E-state index contributed by atoms with van der Waals surface area (Å²) < 4.78 is 13.3. The quantitative estimate of drug-likeness (QED) is 0.562. The van der Waals surface area contributed by atoms with Gasteiger partial charge in [-0.2, -0.15) is 5.10 Å². The second-order valence-electron chi connectivity index (χ2n) is 3.79. The molecule has 0 aromatic heterocycles. The summed E-state index contributed by atoms with van der Waals surface area (Å²) in [4.78, 5) is 11.4. The molecule has 0 bridgehead atoms. The first-order chi connectivity index (χ1) is 8.59. The summed E-state index contributed by atoms with van der Waals surface area (Å²) in [6.45, 7) is 1.66. The first-order valence-electron chi connectivity index (χ1n) is 5.35. The number of aliphatic hydroxyl groups is 1. The van der Waals surface area contributed by atoms with Crippen LogP contribution in [0.15, 0.2) is 40.7 Å². The molecule has 0 saturated heterocycles. The van der Waals surface area contributed by atoms with Crippen molar-refractivity contribution in [3.63, 3.8) is 0 Å². The van der Waals surface area contributed by atoms with Crippen molar-refractivity contribution in [2.45, 2.75) is 6.92 Å². The summed E-state index contributed by atoms with van der Waals surface area (Å²) in [6.07, 6.45) is 0. The van der Waals surface area contributed by atoms with E-state index in [2.05, 4.69) is 15.8 Å². The molecular weight excluding hydrogens is 237 g/mol. The molecule has 0 fully saturated rings. The lowest BCUT2D eigenvalue weighted by Crippen LogP contribution is -2.20. The van der Waals surface area contributed by atoms with Crippen molar-refractivity contribution in [1.82, 2.24) is 5.32 Å². The Labute approximate surface area is 103 Å². The van der Waals surface area contributed by atoms with Crippen molar-refractivity contribution < 1.29 is 14.3 Å². The number of rotatable bonds is 3. The maximum atomic E-state index is 13.3. The molecule has 5 nitrogen and oxygen atoms in total. The van der Waals surface area contributed by atoms with Crippen molar-refractivity contribution in [3.8, 4) is 0 Å². The van der Waals surface area contributed by atoms with Crippen molar-refractivity contribution in [2.75, 3.05) is 12.0 Å². The van der Waals surface area contributed by atoms with Crippen molar-refractivity contribution >= 4 is 17.3 Å². The topological polar surface area (TPSA) is 73.7 Å². The minimum atomic E-state index is -0.442. The first-order valence-corrected chi connectivity index (χ1v) is 5.35. The van der Waals surface area contributed by atoms with Crippen LogP contribution in [0.4, 0.5) is 10.1 Å². The maximum absolute atomic E-state index is 13.3. The summed E-state index contributed by atoms with van der Waals surface area (Å²) in [5.41, 5.74) is 3.14. The van der Waals surface area contributed by atoms with Crippen molar-refractivity contribution in [1.29, 1.82) is 0 Å². The predicted octanol–water partition coefficient (Wildman–Crippen LogP) is 1.56. The van der Waals surface area contributed by atoms with E-state index in [1.165, 1.54) is 12.1 Å². The molecule has 94 valence electrons. The van der Waals surface area contributed by atoms with Crippen LogP contribution in [0.3, 0.4) is 0 Å². The molecule has 1 aliphatic rings.